The molecular formula is C22H19FN6O4. The minimum absolute atomic E-state index is 0.0463. The van der Waals surface area contributed by atoms with Crippen LogP contribution in [0.3, 0.4) is 0 Å². The molecule has 168 valence electrons. The number of carbonyl (C=O) groups is 2. The lowest BCUT2D eigenvalue weighted by Gasteiger charge is -2.35. The summed E-state index contributed by atoms with van der Waals surface area (Å²) in [6, 6.07) is 7.94. The zero-order valence-electron chi connectivity index (χ0n) is 17.8. The summed E-state index contributed by atoms with van der Waals surface area (Å²) in [6.07, 6.45) is 2.46. The highest BCUT2D eigenvalue weighted by molar-refractivity contribution is 6.04. The number of anilines is 1. The standard InChI is InChI=1S/C22H19FN6O4/c1-12-3-4-13(19-26-21(33-27-19)14-10-28(11-14)22(31)32-2)7-16(12)25-20(30)17-9-24-18-8-15(23)5-6-29(17)18/h3-9,14H,10-11H2,1-2H3,(H,25,30). The first-order chi connectivity index (χ1) is 15.9. The molecular weight excluding hydrogens is 431 g/mol. The first-order valence-corrected chi connectivity index (χ1v) is 10.1. The van der Waals surface area contributed by atoms with Crippen molar-refractivity contribution in [3.63, 3.8) is 0 Å². The van der Waals surface area contributed by atoms with Crippen LogP contribution in [0.2, 0.25) is 0 Å². The van der Waals surface area contributed by atoms with Gasteiger partial charge < -0.3 is 19.5 Å². The third kappa shape index (κ3) is 3.77. The van der Waals surface area contributed by atoms with Gasteiger partial charge in [-0.25, -0.2) is 14.2 Å². The number of imidazole rings is 1. The number of ether oxygens (including phenoxy) is 1. The topological polar surface area (TPSA) is 115 Å². The molecule has 0 bridgehead atoms. The van der Waals surface area contributed by atoms with Crippen LogP contribution in [0.4, 0.5) is 14.9 Å². The quantitative estimate of drug-likeness (QED) is 0.507. The molecule has 5 rings (SSSR count). The number of likely N-dealkylation sites (tertiary alicyclic amines) is 1. The number of aromatic nitrogens is 4. The Bertz CT molecular complexity index is 1370. The van der Waals surface area contributed by atoms with Crippen molar-refractivity contribution >= 4 is 23.3 Å². The van der Waals surface area contributed by atoms with E-state index in [2.05, 4.69) is 25.2 Å². The van der Waals surface area contributed by atoms with E-state index in [1.165, 1.54) is 36.0 Å². The minimum Gasteiger partial charge on any atom is -0.453 e. The molecule has 1 aliphatic rings. The van der Waals surface area contributed by atoms with Crippen LogP contribution in [-0.4, -0.2) is 56.6 Å². The Morgan fingerprint density at radius 1 is 1.24 bits per heavy atom. The summed E-state index contributed by atoms with van der Waals surface area (Å²) in [6.45, 7) is 2.76. The van der Waals surface area contributed by atoms with Crippen LogP contribution >= 0.6 is 0 Å². The van der Waals surface area contributed by atoms with Crippen molar-refractivity contribution in [3.05, 3.63) is 65.7 Å². The second-order valence-corrected chi connectivity index (χ2v) is 7.73. The summed E-state index contributed by atoms with van der Waals surface area (Å²) >= 11 is 0. The molecule has 4 heterocycles. The number of nitrogens with zero attached hydrogens (tertiary/aromatic N) is 5. The number of rotatable bonds is 4. The molecule has 3 aromatic heterocycles. The van der Waals surface area contributed by atoms with Crippen molar-refractivity contribution in [2.24, 2.45) is 0 Å². The molecule has 1 aliphatic heterocycles. The van der Waals surface area contributed by atoms with Gasteiger partial charge in [-0.1, -0.05) is 17.3 Å². The van der Waals surface area contributed by atoms with Crippen LogP contribution in [0.5, 0.6) is 0 Å². The average Bonchev–Trinajstić information content (AvgIpc) is 3.41. The number of aryl methyl sites for hydroxylation is 1. The number of nitrogens with one attached hydrogen (secondary N) is 1. The summed E-state index contributed by atoms with van der Waals surface area (Å²) in [4.78, 5) is 34.5. The molecule has 4 aromatic rings. The van der Waals surface area contributed by atoms with Gasteiger partial charge in [-0.2, -0.15) is 4.98 Å². The lowest BCUT2D eigenvalue weighted by Crippen LogP contribution is -2.48. The normalized spacial score (nSPS) is 13.7. The Balaban J connectivity index is 1.34. The van der Waals surface area contributed by atoms with E-state index in [4.69, 9.17) is 4.52 Å². The van der Waals surface area contributed by atoms with Crippen molar-refractivity contribution in [2.45, 2.75) is 12.8 Å². The summed E-state index contributed by atoms with van der Waals surface area (Å²) in [5.74, 6) is -0.0463. The molecule has 0 spiro atoms. The number of hydrogen-bond donors (Lipinski definition) is 1. The van der Waals surface area contributed by atoms with Crippen molar-refractivity contribution < 1.29 is 23.2 Å². The number of pyridine rings is 1. The van der Waals surface area contributed by atoms with E-state index in [1.54, 1.807) is 11.0 Å². The molecule has 0 radical (unpaired) electrons. The molecule has 1 aromatic carbocycles. The fourth-order valence-electron chi connectivity index (χ4n) is 3.64. The fourth-order valence-corrected chi connectivity index (χ4v) is 3.64. The molecule has 0 saturated carbocycles. The van der Waals surface area contributed by atoms with Gasteiger partial charge in [0, 0.05) is 36.6 Å². The van der Waals surface area contributed by atoms with E-state index in [0.717, 1.165) is 5.56 Å². The second kappa shape index (κ2) is 8.01. The van der Waals surface area contributed by atoms with Gasteiger partial charge in [0.1, 0.15) is 17.2 Å². The van der Waals surface area contributed by atoms with E-state index in [-0.39, 0.29) is 23.6 Å². The van der Waals surface area contributed by atoms with E-state index in [9.17, 15) is 14.0 Å². The SMILES string of the molecule is COC(=O)N1CC(c2nc(-c3ccc(C)c(NC(=O)c4cnc5cc(F)ccn45)c3)no2)C1. The Morgan fingerprint density at radius 3 is 2.85 bits per heavy atom. The Kier molecular flexibility index (Phi) is 5.00. The lowest BCUT2D eigenvalue weighted by molar-refractivity contribution is 0.0804. The number of hydrogen-bond acceptors (Lipinski definition) is 7. The molecule has 10 nitrogen and oxygen atoms in total. The third-order valence-corrected chi connectivity index (χ3v) is 5.56. The summed E-state index contributed by atoms with van der Waals surface area (Å²) in [5.41, 5.74) is 2.68. The smallest absolute Gasteiger partial charge is 0.409 e. The van der Waals surface area contributed by atoms with Crippen LogP contribution < -0.4 is 5.32 Å². The largest absolute Gasteiger partial charge is 0.453 e. The van der Waals surface area contributed by atoms with Gasteiger partial charge in [-0.3, -0.25) is 9.20 Å². The van der Waals surface area contributed by atoms with Gasteiger partial charge >= 0.3 is 6.09 Å². The van der Waals surface area contributed by atoms with Crippen molar-refractivity contribution in [3.8, 4) is 11.4 Å². The fraction of sp³-hybridized carbons (Fsp3) is 0.227. The zero-order valence-corrected chi connectivity index (χ0v) is 17.8. The van der Waals surface area contributed by atoms with Crippen LogP contribution in [0.25, 0.3) is 17.0 Å². The number of methoxy groups -OCH3 is 1. The molecule has 1 fully saturated rings. The maximum absolute atomic E-state index is 13.4. The first kappa shape index (κ1) is 20.6. The van der Waals surface area contributed by atoms with Gasteiger partial charge in [0.2, 0.25) is 11.7 Å². The van der Waals surface area contributed by atoms with Gasteiger partial charge in [0.15, 0.2) is 0 Å². The number of halogens is 1. The molecule has 0 atom stereocenters. The lowest BCUT2D eigenvalue weighted by atomic mass is 10.0. The summed E-state index contributed by atoms with van der Waals surface area (Å²) in [5, 5.41) is 6.91. The van der Waals surface area contributed by atoms with Crippen molar-refractivity contribution in [2.75, 3.05) is 25.5 Å². The highest BCUT2D eigenvalue weighted by Gasteiger charge is 2.36. The maximum atomic E-state index is 13.4. The van der Waals surface area contributed by atoms with Crippen LogP contribution in [0.15, 0.2) is 47.2 Å². The highest BCUT2D eigenvalue weighted by atomic mass is 19.1. The summed E-state index contributed by atoms with van der Waals surface area (Å²) in [7, 11) is 1.34. The van der Waals surface area contributed by atoms with Crippen molar-refractivity contribution in [1.29, 1.82) is 0 Å². The Hall–Kier alpha value is -4.28. The van der Waals surface area contributed by atoms with Gasteiger partial charge in [0.05, 0.1) is 19.2 Å². The van der Waals surface area contributed by atoms with Gasteiger partial charge in [0.25, 0.3) is 5.91 Å². The molecule has 11 heteroatoms. The first-order valence-electron chi connectivity index (χ1n) is 10.1. The van der Waals surface area contributed by atoms with Crippen LogP contribution in [0.1, 0.15) is 27.9 Å². The Labute approximate surface area is 187 Å². The number of fused-ring (bicyclic) bond motifs is 1. The van der Waals surface area contributed by atoms with Gasteiger partial charge in [-0.05, 0) is 24.6 Å². The predicted octanol–water partition coefficient (Wildman–Crippen LogP) is 3.25. The Morgan fingerprint density at radius 2 is 2.06 bits per heavy atom. The van der Waals surface area contributed by atoms with Crippen LogP contribution in [0, 0.1) is 12.7 Å². The maximum Gasteiger partial charge on any atom is 0.409 e. The molecule has 33 heavy (non-hydrogen) atoms. The van der Waals surface area contributed by atoms with Crippen molar-refractivity contribution in [1.82, 2.24) is 24.4 Å². The number of benzene rings is 1. The average molecular weight is 450 g/mol. The molecule has 0 unspecified atom stereocenters. The monoisotopic (exact) mass is 450 g/mol. The van der Waals surface area contributed by atoms with E-state index >= 15 is 0 Å². The predicted molar refractivity (Wildman–Crippen MR) is 114 cm³/mol. The van der Waals surface area contributed by atoms with Crippen LogP contribution in [-0.2, 0) is 4.74 Å². The minimum atomic E-state index is -0.428. The highest BCUT2D eigenvalue weighted by Crippen LogP contribution is 2.29. The molecule has 2 amide bonds. The number of carbonyl (C=O) groups excluding carboxylic acids is 2. The zero-order chi connectivity index (χ0) is 23.1. The van der Waals surface area contributed by atoms with Gasteiger partial charge in [-0.15, -0.1) is 0 Å². The second-order valence-electron chi connectivity index (χ2n) is 7.73. The summed E-state index contributed by atoms with van der Waals surface area (Å²) < 4.78 is 25.0. The molecule has 1 saturated heterocycles. The van der Waals surface area contributed by atoms with E-state index in [0.29, 0.717) is 41.7 Å². The molecule has 1 N–H and O–H groups in total. The molecule has 0 aliphatic carbocycles. The number of amides is 2. The van der Waals surface area contributed by atoms with E-state index < -0.39 is 5.82 Å². The third-order valence-electron chi connectivity index (χ3n) is 5.56. The van der Waals surface area contributed by atoms with E-state index in [1.807, 2.05) is 19.1 Å².